The molecule has 0 aliphatic carbocycles. The molecule has 3 heterocycles. The third-order valence-corrected chi connectivity index (χ3v) is 6.89. The Balaban J connectivity index is 1.58. The molecule has 1 aliphatic heterocycles. The molecule has 4 rings (SSSR count). The molecule has 0 bridgehead atoms. The zero-order valence-electron chi connectivity index (χ0n) is 17.0. The maximum atomic E-state index is 13.8. The summed E-state index contributed by atoms with van der Waals surface area (Å²) in [5.74, 6) is -2.03. The van der Waals surface area contributed by atoms with Crippen molar-refractivity contribution in [2.45, 2.75) is 37.9 Å². The minimum Gasteiger partial charge on any atom is -0.348 e. The molecule has 1 aliphatic rings. The second-order valence-corrected chi connectivity index (χ2v) is 9.39. The van der Waals surface area contributed by atoms with Crippen molar-refractivity contribution in [1.82, 2.24) is 14.5 Å². The fourth-order valence-electron chi connectivity index (χ4n) is 3.37. The summed E-state index contributed by atoms with van der Waals surface area (Å²) in [7, 11) is 0. The van der Waals surface area contributed by atoms with Gasteiger partial charge in [0.2, 0.25) is 5.91 Å². The quantitative estimate of drug-likeness (QED) is 0.437. The number of hydrogen-bond donors (Lipinski definition) is 1. The van der Waals surface area contributed by atoms with Crippen LogP contribution in [-0.4, -0.2) is 39.3 Å². The Kier molecular flexibility index (Phi) is 6.24. The van der Waals surface area contributed by atoms with Gasteiger partial charge in [0.25, 0.3) is 5.56 Å². The monoisotopic (exact) mass is 465 g/mol. The van der Waals surface area contributed by atoms with E-state index in [1.54, 1.807) is 0 Å². The van der Waals surface area contributed by atoms with Crippen molar-refractivity contribution in [3.63, 3.8) is 0 Å². The number of carbonyl (C=O) groups is 1. The molecule has 1 fully saturated rings. The van der Waals surface area contributed by atoms with Crippen LogP contribution < -0.4 is 15.8 Å². The van der Waals surface area contributed by atoms with Crippen molar-refractivity contribution in [3.8, 4) is 0 Å². The van der Waals surface area contributed by atoms with Gasteiger partial charge in [0, 0.05) is 25.2 Å². The standard InChI is InChI=1S/C20H21F2N5O2S2/c1-11(2)27-18(29)16-17(24-19(31-16)26-7-3-4-8-26)25-20(27)30-10-15(28)23-14-9-12(21)5-6-13(14)22/h5-6,9,11H,3-4,7-8,10H2,1-2H3,(H,23,28). The van der Waals surface area contributed by atoms with Crippen LogP contribution in [0.4, 0.5) is 19.6 Å². The first-order chi connectivity index (χ1) is 14.8. The van der Waals surface area contributed by atoms with E-state index in [9.17, 15) is 18.4 Å². The van der Waals surface area contributed by atoms with Crippen LogP contribution in [0, 0.1) is 11.6 Å². The highest BCUT2D eigenvalue weighted by atomic mass is 32.2. The predicted octanol–water partition coefficient (Wildman–Crippen LogP) is 4.04. The summed E-state index contributed by atoms with van der Waals surface area (Å²) in [5.41, 5.74) is -0.0556. The van der Waals surface area contributed by atoms with E-state index in [1.807, 2.05) is 13.8 Å². The second-order valence-electron chi connectivity index (χ2n) is 7.47. The van der Waals surface area contributed by atoms with Crippen molar-refractivity contribution >= 4 is 50.2 Å². The summed E-state index contributed by atoms with van der Waals surface area (Å²) in [5, 5.41) is 3.50. The van der Waals surface area contributed by atoms with Crippen LogP contribution in [0.15, 0.2) is 28.2 Å². The van der Waals surface area contributed by atoms with Crippen molar-refractivity contribution in [1.29, 1.82) is 0 Å². The smallest absolute Gasteiger partial charge is 0.274 e. The molecule has 0 unspecified atom stereocenters. The van der Waals surface area contributed by atoms with Gasteiger partial charge in [0.05, 0.1) is 11.4 Å². The van der Waals surface area contributed by atoms with Crippen molar-refractivity contribution < 1.29 is 13.6 Å². The van der Waals surface area contributed by atoms with Gasteiger partial charge in [-0.05, 0) is 38.8 Å². The van der Waals surface area contributed by atoms with Crippen LogP contribution in [0.5, 0.6) is 0 Å². The minimum atomic E-state index is -0.727. The zero-order valence-corrected chi connectivity index (χ0v) is 18.7. The molecule has 164 valence electrons. The van der Waals surface area contributed by atoms with Gasteiger partial charge in [-0.15, -0.1) is 0 Å². The van der Waals surface area contributed by atoms with Crippen LogP contribution in [0.2, 0.25) is 0 Å². The average molecular weight is 466 g/mol. The van der Waals surface area contributed by atoms with Crippen LogP contribution >= 0.6 is 23.1 Å². The molecule has 1 N–H and O–H groups in total. The normalized spacial score (nSPS) is 14.0. The lowest BCUT2D eigenvalue weighted by Gasteiger charge is -2.14. The molecule has 31 heavy (non-hydrogen) atoms. The first kappa shape index (κ1) is 21.7. The number of thiazole rings is 1. The molecule has 2 aromatic heterocycles. The molecule has 1 saturated heterocycles. The highest BCUT2D eigenvalue weighted by Gasteiger charge is 2.22. The van der Waals surface area contributed by atoms with E-state index in [2.05, 4.69) is 20.2 Å². The maximum Gasteiger partial charge on any atom is 0.274 e. The highest BCUT2D eigenvalue weighted by Crippen LogP contribution is 2.30. The number of hydrogen-bond acceptors (Lipinski definition) is 7. The summed E-state index contributed by atoms with van der Waals surface area (Å²) in [6, 6.07) is 2.67. The number of rotatable bonds is 6. The van der Waals surface area contributed by atoms with Gasteiger partial charge in [0.1, 0.15) is 16.3 Å². The largest absolute Gasteiger partial charge is 0.348 e. The maximum absolute atomic E-state index is 13.8. The number of thioether (sulfide) groups is 1. The van der Waals surface area contributed by atoms with Gasteiger partial charge < -0.3 is 10.2 Å². The lowest BCUT2D eigenvalue weighted by atomic mass is 10.3. The second kappa shape index (κ2) is 8.91. The van der Waals surface area contributed by atoms with Gasteiger partial charge in [-0.2, -0.15) is 4.98 Å². The lowest BCUT2D eigenvalue weighted by Crippen LogP contribution is -2.25. The number of benzene rings is 1. The minimum absolute atomic E-state index is 0.121. The van der Waals surface area contributed by atoms with Gasteiger partial charge in [0.15, 0.2) is 15.9 Å². The fraction of sp³-hybridized carbons (Fsp3) is 0.400. The van der Waals surface area contributed by atoms with E-state index < -0.39 is 17.5 Å². The van der Waals surface area contributed by atoms with Crippen molar-refractivity contribution in [3.05, 3.63) is 40.2 Å². The average Bonchev–Trinajstić information content (AvgIpc) is 3.38. The summed E-state index contributed by atoms with van der Waals surface area (Å²) < 4.78 is 29.1. The first-order valence-electron chi connectivity index (χ1n) is 9.89. The number of halogens is 2. The molecule has 11 heteroatoms. The van der Waals surface area contributed by atoms with Crippen LogP contribution in [0.25, 0.3) is 10.3 Å². The molecule has 0 spiro atoms. The molecule has 1 aromatic carbocycles. The van der Waals surface area contributed by atoms with E-state index >= 15 is 0 Å². The third kappa shape index (κ3) is 4.57. The molecular weight excluding hydrogens is 444 g/mol. The lowest BCUT2D eigenvalue weighted by molar-refractivity contribution is -0.113. The Labute approximate surface area is 185 Å². The van der Waals surface area contributed by atoms with Gasteiger partial charge in [-0.25, -0.2) is 13.8 Å². The third-order valence-electron chi connectivity index (χ3n) is 4.85. The molecule has 0 saturated carbocycles. The summed E-state index contributed by atoms with van der Waals surface area (Å²) in [6.45, 7) is 5.56. The fourth-order valence-corrected chi connectivity index (χ4v) is 5.28. The molecule has 7 nitrogen and oxygen atoms in total. The number of aromatic nitrogens is 3. The molecular formula is C20H21F2N5O2S2. The Morgan fingerprint density at radius 1 is 1.26 bits per heavy atom. The van der Waals surface area contributed by atoms with E-state index in [1.165, 1.54) is 15.9 Å². The topological polar surface area (TPSA) is 80.1 Å². The number of nitrogens with zero attached hydrogens (tertiary/aromatic N) is 4. The van der Waals surface area contributed by atoms with Crippen LogP contribution in [0.3, 0.4) is 0 Å². The van der Waals surface area contributed by atoms with Crippen LogP contribution in [0.1, 0.15) is 32.7 Å². The van der Waals surface area contributed by atoms with Crippen molar-refractivity contribution in [2.75, 3.05) is 29.1 Å². The number of anilines is 2. The van der Waals surface area contributed by atoms with Gasteiger partial charge in [-0.1, -0.05) is 23.1 Å². The summed E-state index contributed by atoms with van der Waals surface area (Å²) in [4.78, 5) is 36.7. The summed E-state index contributed by atoms with van der Waals surface area (Å²) >= 11 is 2.40. The summed E-state index contributed by atoms with van der Waals surface area (Å²) in [6.07, 6.45) is 2.20. The molecule has 0 radical (unpaired) electrons. The van der Waals surface area contributed by atoms with E-state index in [0.29, 0.717) is 15.5 Å². The van der Waals surface area contributed by atoms with E-state index in [-0.39, 0.29) is 23.0 Å². The Hall–Kier alpha value is -2.53. The first-order valence-corrected chi connectivity index (χ1v) is 11.7. The SMILES string of the molecule is CC(C)n1c(SCC(=O)Nc2cc(F)ccc2F)nc2nc(N3CCCC3)sc2c1=O. The number of amides is 1. The Morgan fingerprint density at radius 3 is 2.71 bits per heavy atom. The molecule has 0 atom stereocenters. The van der Waals surface area contributed by atoms with Gasteiger partial charge in [-0.3, -0.25) is 14.2 Å². The highest BCUT2D eigenvalue weighted by molar-refractivity contribution is 7.99. The number of carbonyl (C=O) groups excluding carboxylic acids is 1. The van der Waals surface area contributed by atoms with E-state index in [0.717, 1.165) is 61.0 Å². The number of fused-ring (bicyclic) bond motifs is 1. The van der Waals surface area contributed by atoms with Gasteiger partial charge >= 0.3 is 0 Å². The van der Waals surface area contributed by atoms with Crippen LogP contribution in [-0.2, 0) is 4.79 Å². The predicted molar refractivity (Wildman–Crippen MR) is 119 cm³/mol. The molecule has 3 aromatic rings. The van der Waals surface area contributed by atoms with Crippen molar-refractivity contribution in [2.24, 2.45) is 0 Å². The zero-order chi connectivity index (χ0) is 22.1. The van der Waals surface area contributed by atoms with E-state index in [4.69, 9.17) is 0 Å². The molecule has 1 amide bonds. The Morgan fingerprint density at radius 2 is 2.00 bits per heavy atom. The Bertz CT molecular complexity index is 1190. The number of nitrogens with one attached hydrogen (secondary N) is 1.